The van der Waals surface area contributed by atoms with E-state index in [0.717, 1.165) is 6.54 Å². The van der Waals surface area contributed by atoms with Gasteiger partial charge in [-0.25, -0.2) is 8.42 Å². The molecule has 1 radical (unpaired) electrons. The second-order valence-electron chi connectivity index (χ2n) is 2.11. The Balaban J connectivity index is 2.56. The summed E-state index contributed by atoms with van der Waals surface area (Å²) < 4.78 is 21.6. The summed E-state index contributed by atoms with van der Waals surface area (Å²) in [4.78, 5) is 0. The first kappa shape index (κ1) is 7.02. The van der Waals surface area contributed by atoms with Crippen LogP contribution in [0.1, 0.15) is 0 Å². The Hall–Kier alpha value is -0.0900. The first-order valence-corrected chi connectivity index (χ1v) is 4.76. The lowest BCUT2D eigenvalue weighted by molar-refractivity contribution is 0.598. The van der Waals surface area contributed by atoms with E-state index in [4.69, 9.17) is 0 Å². The quantitative estimate of drug-likeness (QED) is 0.489. The van der Waals surface area contributed by atoms with Gasteiger partial charge in [0.05, 0.1) is 11.5 Å². The molecular weight excluding hydrogens is 138 g/mol. The van der Waals surface area contributed by atoms with Gasteiger partial charge in [-0.15, -0.1) is 0 Å². The highest BCUT2D eigenvalue weighted by molar-refractivity contribution is 7.91. The monoisotopic (exact) mass is 148 g/mol. The van der Waals surface area contributed by atoms with Crippen molar-refractivity contribution >= 4 is 9.84 Å². The van der Waals surface area contributed by atoms with E-state index >= 15 is 0 Å². The van der Waals surface area contributed by atoms with Gasteiger partial charge in [0.2, 0.25) is 0 Å². The van der Waals surface area contributed by atoms with Gasteiger partial charge in [0, 0.05) is 6.54 Å². The lowest BCUT2D eigenvalue weighted by Gasteiger charge is -1.93. The van der Waals surface area contributed by atoms with Crippen LogP contribution in [0.15, 0.2) is 0 Å². The molecular formula is C5H10NO2S. The maximum absolute atomic E-state index is 10.8. The molecule has 0 spiro atoms. The molecule has 0 saturated carbocycles. The van der Waals surface area contributed by atoms with Gasteiger partial charge in [-0.3, -0.25) is 0 Å². The molecule has 1 saturated heterocycles. The van der Waals surface area contributed by atoms with Crippen molar-refractivity contribution in [3.8, 4) is 0 Å². The summed E-state index contributed by atoms with van der Waals surface area (Å²) in [6.07, 6.45) is 1.75. The smallest absolute Gasteiger partial charge is 0.151 e. The van der Waals surface area contributed by atoms with E-state index in [1.165, 1.54) is 0 Å². The normalized spacial score (nSPS) is 27.1. The van der Waals surface area contributed by atoms with Crippen LogP contribution in [0.3, 0.4) is 0 Å². The van der Waals surface area contributed by atoms with Gasteiger partial charge in [0.25, 0.3) is 0 Å². The summed E-state index contributed by atoms with van der Waals surface area (Å²) in [6.45, 7) is 1.32. The summed E-state index contributed by atoms with van der Waals surface area (Å²) >= 11 is 0. The third kappa shape index (κ3) is 2.32. The van der Waals surface area contributed by atoms with Crippen molar-refractivity contribution in [2.24, 2.45) is 0 Å². The largest absolute Gasteiger partial charge is 0.315 e. The van der Waals surface area contributed by atoms with Crippen molar-refractivity contribution in [2.75, 3.05) is 24.6 Å². The number of sulfone groups is 1. The molecule has 0 aromatic heterocycles. The van der Waals surface area contributed by atoms with Crippen LogP contribution < -0.4 is 5.32 Å². The highest BCUT2D eigenvalue weighted by atomic mass is 32.2. The molecule has 1 heterocycles. The Morgan fingerprint density at radius 1 is 1.44 bits per heavy atom. The predicted molar refractivity (Wildman–Crippen MR) is 35.8 cm³/mol. The average Bonchev–Trinajstić information content (AvgIpc) is 1.92. The van der Waals surface area contributed by atoms with E-state index in [-0.39, 0.29) is 11.5 Å². The van der Waals surface area contributed by atoms with E-state index < -0.39 is 9.84 Å². The molecule has 0 aromatic carbocycles. The van der Waals surface area contributed by atoms with Crippen LogP contribution in [-0.2, 0) is 9.84 Å². The zero-order chi connectivity index (χ0) is 6.74. The van der Waals surface area contributed by atoms with Crippen molar-refractivity contribution in [1.29, 1.82) is 0 Å². The van der Waals surface area contributed by atoms with Gasteiger partial charge in [-0.1, -0.05) is 0 Å². The molecule has 1 aliphatic heterocycles. The molecule has 0 atom stereocenters. The third-order valence-corrected chi connectivity index (χ3v) is 2.82. The molecule has 4 heteroatoms. The Labute approximate surface area is 55.4 Å². The fourth-order valence-corrected chi connectivity index (χ4v) is 1.85. The van der Waals surface area contributed by atoms with E-state index in [1.54, 1.807) is 6.42 Å². The van der Waals surface area contributed by atoms with Gasteiger partial charge < -0.3 is 5.32 Å². The molecule has 0 unspecified atom stereocenters. The second-order valence-corrected chi connectivity index (χ2v) is 4.34. The van der Waals surface area contributed by atoms with Crippen molar-refractivity contribution < 1.29 is 8.42 Å². The van der Waals surface area contributed by atoms with Gasteiger partial charge in [0.15, 0.2) is 9.84 Å². The lowest BCUT2D eigenvalue weighted by Crippen LogP contribution is -2.18. The van der Waals surface area contributed by atoms with Crippen molar-refractivity contribution in [1.82, 2.24) is 5.32 Å². The Bertz CT molecular complexity index is 159. The molecule has 0 aliphatic carbocycles. The van der Waals surface area contributed by atoms with Gasteiger partial charge in [-0.05, 0) is 13.0 Å². The number of rotatable bonds is 0. The van der Waals surface area contributed by atoms with Crippen LogP contribution in [0, 0.1) is 6.42 Å². The molecule has 1 rings (SSSR count). The van der Waals surface area contributed by atoms with E-state index in [2.05, 4.69) is 5.32 Å². The third-order valence-electron chi connectivity index (χ3n) is 1.25. The minimum absolute atomic E-state index is 0.236. The minimum Gasteiger partial charge on any atom is -0.315 e. The fourth-order valence-electron chi connectivity index (χ4n) is 0.754. The Morgan fingerprint density at radius 2 is 2.22 bits per heavy atom. The molecule has 0 aromatic rings. The molecule has 9 heavy (non-hydrogen) atoms. The Morgan fingerprint density at radius 3 is 3.00 bits per heavy atom. The molecule has 0 bridgehead atoms. The minimum atomic E-state index is -2.74. The summed E-state index contributed by atoms with van der Waals surface area (Å²) in [5.41, 5.74) is 0. The van der Waals surface area contributed by atoms with Crippen LogP contribution in [0.25, 0.3) is 0 Å². The highest BCUT2D eigenvalue weighted by Crippen LogP contribution is 1.94. The number of hydrogen-bond acceptors (Lipinski definition) is 3. The summed E-state index contributed by atoms with van der Waals surface area (Å²) in [6, 6.07) is 0. The van der Waals surface area contributed by atoms with Gasteiger partial charge >= 0.3 is 0 Å². The lowest BCUT2D eigenvalue weighted by atomic mass is 10.5. The molecule has 53 valence electrons. The average molecular weight is 148 g/mol. The first-order valence-electron chi connectivity index (χ1n) is 2.93. The van der Waals surface area contributed by atoms with Crippen molar-refractivity contribution in [3.63, 3.8) is 0 Å². The van der Waals surface area contributed by atoms with E-state index in [9.17, 15) is 8.42 Å². The zero-order valence-corrected chi connectivity index (χ0v) is 5.95. The Kier molecular flexibility index (Phi) is 2.08. The van der Waals surface area contributed by atoms with E-state index in [0.29, 0.717) is 6.54 Å². The van der Waals surface area contributed by atoms with Crippen LogP contribution in [0.5, 0.6) is 0 Å². The van der Waals surface area contributed by atoms with Crippen molar-refractivity contribution in [2.45, 2.75) is 0 Å². The standard InChI is InChI=1S/C5H10NO2S/c7-9(8)4-1-2-6-3-5-9/h1,6H,2-5H2. The van der Waals surface area contributed by atoms with Gasteiger partial charge in [-0.2, -0.15) is 0 Å². The number of nitrogens with one attached hydrogen (secondary N) is 1. The molecule has 0 amide bonds. The SMILES string of the molecule is O=S1(=O)C[CH]CNCC1. The maximum Gasteiger partial charge on any atom is 0.151 e. The van der Waals surface area contributed by atoms with E-state index in [1.807, 2.05) is 0 Å². The molecule has 1 fully saturated rings. The topological polar surface area (TPSA) is 46.2 Å². The van der Waals surface area contributed by atoms with Crippen LogP contribution in [-0.4, -0.2) is 33.0 Å². The first-order chi connectivity index (χ1) is 4.21. The fraction of sp³-hybridized carbons (Fsp3) is 0.800. The summed E-state index contributed by atoms with van der Waals surface area (Å²) in [7, 11) is -2.74. The van der Waals surface area contributed by atoms with Crippen molar-refractivity contribution in [3.05, 3.63) is 6.42 Å². The maximum atomic E-state index is 10.8. The number of hydrogen-bond donors (Lipinski definition) is 1. The van der Waals surface area contributed by atoms with Crippen LogP contribution in [0.4, 0.5) is 0 Å². The van der Waals surface area contributed by atoms with Crippen LogP contribution >= 0.6 is 0 Å². The van der Waals surface area contributed by atoms with Gasteiger partial charge in [0.1, 0.15) is 0 Å². The highest BCUT2D eigenvalue weighted by Gasteiger charge is 2.12. The summed E-state index contributed by atoms with van der Waals surface area (Å²) in [5, 5.41) is 2.97. The molecule has 1 aliphatic rings. The zero-order valence-electron chi connectivity index (χ0n) is 5.13. The molecule has 3 nitrogen and oxygen atoms in total. The summed E-state index contributed by atoms with van der Waals surface area (Å²) in [5.74, 6) is 0.517. The molecule has 1 N–H and O–H groups in total. The van der Waals surface area contributed by atoms with Crippen LogP contribution in [0.2, 0.25) is 0 Å². The predicted octanol–water partition coefficient (Wildman–Crippen LogP) is -0.791. The second kappa shape index (κ2) is 2.66.